The highest BCUT2D eigenvalue weighted by Crippen LogP contribution is 2.16. The van der Waals surface area contributed by atoms with E-state index in [2.05, 4.69) is 15.5 Å². The van der Waals surface area contributed by atoms with E-state index in [1.165, 1.54) is 4.31 Å². The zero-order valence-corrected chi connectivity index (χ0v) is 18.4. The molecule has 1 aliphatic rings. The number of carbonyl (C=O) groups is 1. The molecule has 2 N–H and O–H groups in total. The lowest BCUT2D eigenvalue weighted by Crippen LogP contribution is -2.46. The van der Waals surface area contributed by atoms with Gasteiger partial charge in [-0.25, -0.2) is 8.42 Å². The first-order valence-electron chi connectivity index (χ1n) is 9.76. The minimum atomic E-state index is -3.43. The van der Waals surface area contributed by atoms with Gasteiger partial charge in [0.1, 0.15) is 0 Å². The second-order valence-corrected chi connectivity index (χ2v) is 8.61. The van der Waals surface area contributed by atoms with Crippen LogP contribution < -0.4 is 10.6 Å². The van der Waals surface area contributed by atoms with Crippen LogP contribution in [-0.4, -0.2) is 75.9 Å². The smallest absolute Gasteiger partial charge is 0.243 e. The van der Waals surface area contributed by atoms with Crippen LogP contribution in [0.1, 0.15) is 25.8 Å². The summed E-state index contributed by atoms with van der Waals surface area (Å²) in [7, 11) is -3.43. The number of piperazine rings is 1. The highest BCUT2D eigenvalue weighted by atomic mass is 35.5. The lowest BCUT2D eigenvalue weighted by molar-refractivity contribution is -0.121. The van der Waals surface area contributed by atoms with Gasteiger partial charge in [0.15, 0.2) is 0 Å². The Kier molecular flexibility index (Phi) is 11.0. The molecule has 0 bridgehead atoms. The molecule has 0 aliphatic carbocycles. The molecular formula is C19H33ClN4O3S. The standard InChI is InChI=1S/C19H32N4O3S.ClH/c1-3-23(4-2)27(25,26)18-8-5-17(6-9-18)7-10-19(24)21-13-16-22-14-11-20-12-15-22;/h5-6,8-9,20H,3-4,7,10-16H2,1-2H3,(H,21,24);1H. The number of aryl methyl sites for hydroxylation is 1. The molecule has 1 aliphatic heterocycles. The molecular weight excluding hydrogens is 400 g/mol. The number of benzene rings is 1. The third kappa shape index (κ3) is 7.33. The fourth-order valence-electron chi connectivity index (χ4n) is 3.18. The molecule has 1 amide bonds. The predicted molar refractivity (Wildman–Crippen MR) is 114 cm³/mol. The van der Waals surface area contributed by atoms with E-state index in [1.54, 1.807) is 24.3 Å². The van der Waals surface area contributed by atoms with Gasteiger partial charge in [-0.3, -0.25) is 9.69 Å². The van der Waals surface area contributed by atoms with Crippen molar-refractivity contribution in [1.82, 2.24) is 19.8 Å². The van der Waals surface area contributed by atoms with Crippen LogP contribution in [0.25, 0.3) is 0 Å². The molecule has 7 nitrogen and oxygen atoms in total. The molecule has 1 heterocycles. The van der Waals surface area contributed by atoms with Crippen molar-refractivity contribution >= 4 is 28.3 Å². The predicted octanol–water partition coefficient (Wildman–Crippen LogP) is 1.09. The van der Waals surface area contributed by atoms with Crippen LogP contribution in [0.4, 0.5) is 0 Å². The summed E-state index contributed by atoms with van der Waals surface area (Å²) in [5.41, 5.74) is 0.964. The molecule has 0 atom stereocenters. The van der Waals surface area contributed by atoms with Gasteiger partial charge in [0, 0.05) is 58.8 Å². The summed E-state index contributed by atoms with van der Waals surface area (Å²) in [5, 5.41) is 6.27. The number of sulfonamides is 1. The van der Waals surface area contributed by atoms with E-state index >= 15 is 0 Å². The monoisotopic (exact) mass is 432 g/mol. The lowest BCUT2D eigenvalue weighted by Gasteiger charge is -2.27. The summed E-state index contributed by atoms with van der Waals surface area (Å²) in [6.45, 7) is 10.2. The minimum Gasteiger partial charge on any atom is -0.355 e. The summed E-state index contributed by atoms with van der Waals surface area (Å²) in [6.07, 6.45) is 1.01. The summed E-state index contributed by atoms with van der Waals surface area (Å²) in [6, 6.07) is 6.85. The Morgan fingerprint density at radius 3 is 2.32 bits per heavy atom. The number of hydrogen-bond donors (Lipinski definition) is 2. The van der Waals surface area contributed by atoms with Crippen molar-refractivity contribution in [2.75, 3.05) is 52.4 Å². The average Bonchev–Trinajstić information content (AvgIpc) is 2.68. The van der Waals surface area contributed by atoms with Crippen molar-refractivity contribution in [2.24, 2.45) is 0 Å². The maximum Gasteiger partial charge on any atom is 0.243 e. The van der Waals surface area contributed by atoms with Gasteiger partial charge in [-0.15, -0.1) is 12.4 Å². The van der Waals surface area contributed by atoms with Gasteiger partial charge >= 0.3 is 0 Å². The molecule has 1 saturated heterocycles. The summed E-state index contributed by atoms with van der Waals surface area (Å²) in [4.78, 5) is 14.6. The van der Waals surface area contributed by atoms with E-state index in [0.717, 1.165) is 38.3 Å². The highest BCUT2D eigenvalue weighted by molar-refractivity contribution is 7.89. The van der Waals surface area contributed by atoms with Crippen LogP contribution in [0.2, 0.25) is 0 Å². The van der Waals surface area contributed by atoms with Crippen LogP contribution >= 0.6 is 12.4 Å². The molecule has 1 aromatic rings. The summed E-state index contributed by atoms with van der Waals surface area (Å²) < 4.78 is 26.4. The van der Waals surface area contributed by atoms with Crippen molar-refractivity contribution in [3.63, 3.8) is 0 Å². The number of nitrogens with one attached hydrogen (secondary N) is 2. The Morgan fingerprint density at radius 2 is 1.75 bits per heavy atom. The van der Waals surface area contributed by atoms with Crippen LogP contribution in [0, 0.1) is 0 Å². The number of halogens is 1. The maximum atomic E-state index is 12.5. The van der Waals surface area contributed by atoms with Crippen molar-refractivity contribution in [1.29, 1.82) is 0 Å². The average molecular weight is 433 g/mol. The molecule has 2 rings (SSSR count). The van der Waals surface area contributed by atoms with Crippen molar-refractivity contribution in [2.45, 2.75) is 31.6 Å². The van der Waals surface area contributed by atoms with Crippen LogP contribution in [-0.2, 0) is 21.2 Å². The summed E-state index contributed by atoms with van der Waals surface area (Å²) in [5.74, 6) is 0.0324. The van der Waals surface area contributed by atoms with Gasteiger partial charge in [-0.1, -0.05) is 26.0 Å². The van der Waals surface area contributed by atoms with E-state index < -0.39 is 10.0 Å². The SMILES string of the molecule is CCN(CC)S(=O)(=O)c1ccc(CCC(=O)NCCN2CCNCC2)cc1.Cl. The minimum absolute atomic E-state index is 0. The summed E-state index contributed by atoms with van der Waals surface area (Å²) >= 11 is 0. The first-order chi connectivity index (χ1) is 13.0. The zero-order chi connectivity index (χ0) is 19.7. The van der Waals surface area contributed by atoms with Gasteiger partial charge in [0.05, 0.1) is 4.90 Å². The molecule has 28 heavy (non-hydrogen) atoms. The Hall–Kier alpha value is -1.19. The number of amides is 1. The van der Waals surface area contributed by atoms with Gasteiger partial charge < -0.3 is 10.6 Å². The van der Waals surface area contributed by atoms with Crippen molar-refractivity contribution < 1.29 is 13.2 Å². The van der Waals surface area contributed by atoms with Crippen LogP contribution in [0.15, 0.2) is 29.2 Å². The number of carbonyl (C=O) groups excluding carboxylic acids is 1. The normalized spacial score (nSPS) is 15.2. The zero-order valence-electron chi connectivity index (χ0n) is 16.8. The molecule has 1 aromatic carbocycles. The van der Waals surface area contributed by atoms with Gasteiger partial charge in [-0.05, 0) is 24.1 Å². The van der Waals surface area contributed by atoms with Crippen LogP contribution in [0.3, 0.4) is 0 Å². The first-order valence-corrected chi connectivity index (χ1v) is 11.2. The molecule has 0 unspecified atom stereocenters. The molecule has 1 fully saturated rings. The van der Waals surface area contributed by atoms with Gasteiger partial charge in [0.2, 0.25) is 15.9 Å². The fourth-order valence-corrected chi connectivity index (χ4v) is 4.63. The Labute approximate surface area is 175 Å². The van der Waals surface area contributed by atoms with E-state index in [-0.39, 0.29) is 18.3 Å². The van der Waals surface area contributed by atoms with Gasteiger partial charge in [0.25, 0.3) is 0 Å². The largest absolute Gasteiger partial charge is 0.355 e. The quantitative estimate of drug-likeness (QED) is 0.578. The second-order valence-electron chi connectivity index (χ2n) is 6.67. The maximum absolute atomic E-state index is 12.5. The Balaban J connectivity index is 0.00000392. The third-order valence-corrected chi connectivity index (χ3v) is 6.93. The third-order valence-electron chi connectivity index (χ3n) is 4.87. The Bertz CT molecular complexity index is 688. The number of rotatable bonds is 10. The molecule has 0 aromatic heterocycles. The molecule has 160 valence electrons. The van der Waals surface area contributed by atoms with E-state index in [1.807, 2.05) is 13.8 Å². The second kappa shape index (κ2) is 12.4. The van der Waals surface area contributed by atoms with Gasteiger partial charge in [-0.2, -0.15) is 4.31 Å². The Morgan fingerprint density at radius 1 is 1.14 bits per heavy atom. The van der Waals surface area contributed by atoms with E-state index in [0.29, 0.717) is 37.4 Å². The molecule has 0 spiro atoms. The van der Waals surface area contributed by atoms with E-state index in [9.17, 15) is 13.2 Å². The molecule has 0 saturated carbocycles. The first kappa shape index (κ1) is 24.8. The van der Waals surface area contributed by atoms with Crippen molar-refractivity contribution in [3.8, 4) is 0 Å². The number of hydrogen-bond acceptors (Lipinski definition) is 5. The van der Waals surface area contributed by atoms with Crippen LogP contribution in [0.5, 0.6) is 0 Å². The molecule has 0 radical (unpaired) electrons. The highest BCUT2D eigenvalue weighted by Gasteiger charge is 2.21. The lowest BCUT2D eigenvalue weighted by atomic mass is 10.1. The van der Waals surface area contributed by atoms with Crippen molar-refractivity contribution in [3.05, 3.63) is 29.8 Å². The number of nitrogens with zero attached hydrogens (tertiary/aromatic N) is 2. The molecule has 9 heteroatoms. The fraction of sp³-hybridized carbons (Fsp3) is 0.632. The topological polar surface area (TPSA) is 81.8 Å². The van der Waals surface area contributed by atoms with E-state index in [4.69, 9.17) is 0 Å².